The monoisotopic (exact) mass is 326 g/mol. The van der Waals surface area contributed by atoms with Crippen LogP contribution in [0.1, 0.15) is 29.6 Å². The molecule has 1 aromatic carbocycles. The van der Waals surface area contributed by atoms with Gasteiger partial charge in [-0.15, -0.1) is 0 Å². The Kier molecular flexibility index (Phi) is 4.42. The maximum Gasteiger partial charge on any atom is 0.255 e. The highest BCUT2D eigenvalue weighted by atomic mass is 79.9. The van der Waals surface area contributed by atoms with Gasteiger partial charge in [-0.1, -0.05) is 15.9 Å². The first-order valence-corrected chi connectivity index (χ1v) is 6.91. The van der Waals surface area contributed by atoms with Gasteiger partial charge in [0.05, 0.1) is 5.56 Å². The van der Waals surface area contributed by atoms with Crippen LogP contribution in [0.5, 0.6) is 5.75 Å². The number of phenolic OH excluding ortho intramolecular Hbond substituents is 1. The molecule has 0 spiro atoms. The lowest BCUT2D eigenvalue weighted by Crippen LogP contribution is -2.31. The number of nitrogens with one attached hydrogen (secondary N) is 2. The summed E-state index contributed by atoms with van der Waals surface area (Å²) < 4.78 is 0.710. The number of benzene rings is 1. The second-order valence-corrected chi connectivity index (χ2v) is 5.42. The second kappa shape index (κ2) is 6.06. The minimum Gasteiger partial charge on any atom is -0.507 e. The molecule has 102 valence electrons. The van der Waals surface area contributed by atoms with E-state index >= 15 is 0 Å². The van der Waals surface area contributed by atoms with E-state index < -0.39 is 5.91 Å². The zero-order valence-electron chi connectivity index (χ0n) is 10.3. The van der Waals surface area contributed by atoms with Gasteiger partial charge >= 0.3 is 0 Å². The predicted octanol–water partition coefficient (Wildman–Crippen LogP) is 1.55. The summed E-state index contributed by atoms with van der Waals surface area (Å²) in [5.74, 6) is -0.526. The van der Waals surface area contributed by atoms with E-state index in [2.05, 4.69) is 26.6 Å². The van der Waals surface area contributed by atoms with Crippen molar-refractivity contribution in [2.24, 2.45) is 0 Å². The van der Waals surface area contributed by atoms with Crippen molar-refractivity contribution in [1.29, 1.82) is 0 Å². The van der Waals surface area contributed by atoms with E-state index in [1.54, 1.807) is 6.07 Å². The maximum absolute atomic E-state index is 11.8. The van der Waals surface area contributed by atoms with E-state index in [0.717, 1.165) is 12.8 Å². The SMILES string of the molecule is O=C(CCNC(=O)c1cc(Br)ccc1O)NC1CC1. The number of phenols is 1. The van der Waals surface area contributed by atoms with Crippen molar-refractivity contribution in [1.82, 2.24) is 10.6 Å². The average Bonchev–Trinajstić information content (AvgIpc) is 3.16. The van der Waals surface area contributed by atoms with Crippen molar-refractivity contribution in [3.05, 3.63) is 28.2 Å². The third-order valence-electron chi connectivity index (χ3n) is 2.78. The van der Waals surface area contributed by atoms with Gasteiger partial charge in [0.25, 0.3) is 5.91 Å². The maximum atomic E-state index is 11.8. The van der Waals surface area contributed by atoms with Gasteiger partial charge in [-0.3, -0.25) is 9.59 Å². The molecule has 1 aliphatic rings. The van der Waals surface area contributed by atoms with Crippen LogP contribution in [0.25, 0.3) is 0 Å². The van der Waals surface area contributed by atoms with Crippen molar-refractivity contribution in [3.8, 4) is 5.75 Å². The standard InChI is InChI=1S/C13H15BrN2O3/c14-8-1-4-11(17)10(7-8)13(19)15-6-5-12(18)16-9-2-3-9/h1,4,7,9,17H,2-3,5-6H2,(H,15,19)(H,16,18). The van der Waals surface area contributed by atoms with Crippen LogP contribution < -0.4 is 10.6 Å². The first-order valence-electron chi connectivity index (χ1n) is 6.12. The van der Waals surface area contributed by atoms with Crippen molar-refractivity contribution in [2.45, 2.75) is 25.3 Å². The Morgan fingerprint density at radius 3 is 2.79 bits per heavy atom. The lowest BCUT2D eigenvalue weighted by atomic mass is 10.2. The third-order valence-corrected chi connectivity index (χ3v) is 3.28. The molecule has 0 bridgehead atoms. The number of carbonyl (C=O) groups is 2. The molecule has 0 unspecified atom stereocenters. The second-order valence-electron chi connectivity index (χ2n) is 4.51. The van der Waals surface area contributed by atoms with Gasteiger partial charge in [-0.05, 0) is 31.0 Å². The van der Waals surface area contributed by atoms with E-state index in [-0.39, 0.29) is 30.2 Å². The molecular formula is C13H15BrN2O3. The zero-order valence-corrected chi connectivity index (χ0v) is 11.9. The Labute approximate surface area is 119 Å². The predicted molar refractivity (Wildman–Crippen MR) is 73.9 cm³/mol. The van der Waals surface area contributed by atoms with E-state index in [9.17, 15) is 14.7 Å². The van der Waals surface area contributed by atoms with E-state index in [1.165, 1.54) is 12.1 Å². The third kappa shape index (κ3) is 4.24. The molecule has 0 aliphatic heterocycles. The molecule has 1 saturated carbocycles. The summed E-state index contributed by atoms with van der Waals surface area (Å²) in [4.78, 5) is 23.2. The van der Waals surface area contributed by atoms with Crippen molar-refractivity contribution >= 4 is 27.7 Å². The minimum absolute atomic E-state index is 0.0544. The molecule has 5 nitrogen and oxygen atoms in total. The first-order chi connectivity index (χ1) is 9.06. The number of carbonyl (C=O) groups excluding carboxylic acids is 2. The molecule has 1 aromatic rings. The number of rotatable bonds is 5. The molecule has 2 rings (SSSR count). The number of hydrogen-bond acceptors (Lipinski definition) is 3. The topological polar surface area (TPSA) is 78.4 Å². The Morgan fingerprint density at radius 2 is 2.11 bits per heavy atom. The fraction of sp³-hybridized carbons (Fsp3) is 0.385. The molecule has 0 heterocycles. The Bertz CT molecular complexity index is 501. The quantitative estimate of drug-likeness (QED) is 0.768. The summed E-state index contributed by atoms with van der Waals surface area (Å²) in [5.41, 5.74) is 0.192. The highest BCUT2D eigenvalue weighted by molar-refractivity contribution is 9.10. The van der Waals surface area contributed by atoms with E-state index in [1.807, 2.05) is 0 Å². The summed E-state index contributed by atoms with van der Waals surface area (Å²) in [6.45, 7) is 0.253. The van der Waals surface area contributed by atoms with Crippen molar-refractivity contribution in [2.75, 3.05) is 6.54 Å². The Morgan fingerprint density at radius 1 is 1.37 bits per heavy atom. The molecule has 0 radical (unpaired) electrons. The first kappa shape index (κ1) is 13.9. The average molecular weight is 327 g/mol. The van der Waals surface area contributed by atoms with Crippen LogP contribution in [-0.2, 0) is 4.79 Å². The smallest absolute Gasteiger partial charge is 0.255 e. The lowest BCUT2D eigenvalue weighted by Gasteiger charge is -2.07. The van der Waals surface area contributed by atoms with Crippen LogP contribution in [0.3, 0.4) is 0 Å². The number of aromatic hydroxyl groups is 1. The highest BCUT2D eigenvalue weighted by Crippen LogP contribution is 2.21. The van der Waals surface area contributed by atoms with Gasteiger partial charge in [0.2, 0.25) is 5.91 Å². The fourth-order valence-electron chi connectivity index (χ4n) is 1.60. The largest absolute Gasteiger partial charge is 0.507 e. The molecule has 6 heteroatoms. The van der Waals surface area contributed by atoms with Crippen LogP contribution in [0.2, 0.25) is 0 Å². The minimum atomic E-state index is -0.391. The van der Waals surface area contributed by atoms with E-state index in [4.69, 9.17) is 0 Å². The normalized spacial score (nSPS) is 13.9. The highest BCUT2D eigenvalue weighted by Gasteiger charge is 2.22. The molecular weight excluding hydrogens is 312 g/mol. The van der Waals surface area contributed by atoms with Crippen molar-refractivity contribution < 1.29 is 14.7 Å². The lowest BCUT2D eigenvalue weighted by molar-refractivity contribution is -0.121. The summed E-state index contributed by atoms with van der Waals surface area (Å²) >= 11 is 3.23. The van der Waals surface area contributed by atoms with Crippen LogP contribution in [0.4, 0.5) is 0 Å². The number of hydrogen-bond donors (Lipinski definition) is 3. The van der Waals surface area contributed by atoms with Gasteiger partial charge in [0.1, 0.15) is 5.75 Å². The van der Waals surface area contributed by atoms with Gasteiger partial charge < -0.3 is 15.7 Å². The summed E-state index contributed by atoms with van der Waals surface area (Å²) in [6, 6.07) is 4.96. The summed E-state index contributed by atoms with van der Waals surface area (Å²) in [5, 5.41) is 15.0. The van der Waals surface area contributed by atoms with Crippen LogP contribution in [0, 0.1) is 0 Å². The Balaban J connectivity index is 1.80. The van der Waals surface area contributed by atoms with Crippen LogP contribution in [-0.4, -0.2) is 29.5 Å². The van der Waals surface area contributed by atoms with Gasteiger partial charge in [-0.25, -0.2) is 0 Å². The van der Waals surface area contributed by atoms with Gasteiger partial charge in [0, 0.05) is 23.5 Å². The number of halogens is 1. The molecule has 2 amide bonds. The zero-order chi connectivity index (χ0) is 13.8. The molecule has 3 N–H and O–H groups in total. The van der Waals surface area contributed by atoms with Gasteiger partial charge in [0.15, 0.2) is 0 Å². The molecule has 0 aromatic heterocycles. The molecule has 1 fully saturated rings. The molecule has 1 aliphatic carbocycles. The van der Waals surface area contributed by atoms with Crippen LogP contribution >= 0.6 is 15.9 Å². The molecule has 0 atom stereocenters. The molecule has 0 saturated heterocycles. The van der Waals surface area contributed by atoms with E-state index in [0.29, 0.717) is 10.5 Å². The van der Waals surface area contributed by atoms with Crippen LogP contribution in [0.15, 0.2) is 22.7 Å². The molecule has 19 heavy (non-hydrogen) atoms. The fourth-order valence-corrected chi connectivity index (χ4v) is 1.96. The summed E-state index contributed by atoms with van der Waals surface area (Å²) in [7, 11) is 0. The number of amides is 2. The summed E-state index contributed by atoms with van der Waals surface area (Å²) in [6.07, 6.45) is 2.34. The Hall–Kier alpha value is -1.56. The van der Waals surface area contributed by atoms with Crippen molar-refractivity contribution in [3.63, 3.8) is 0 Å². The van der Waals surface area contributed by atoms with Gasteiger partial charge in [-0.2, -0.15) is 0 Å².